The number of benzene rings is 1. The third-order valence-electron chi connectivity index (χ3n) is 1.90. The van der Waals surface area contributed by atoms with Gasteiger partial charge in [-0.2, -0.15) is 0 Å². The molecule has 0 aliphatic carbocycles. The van der Waals surface area contributed by atoms with Crippen molar-refractivity contribution in [2.24, 2.45) is 0 Å². The standard InChI is InChI=1S/C9H6F2O2S/c10-9(11)6-2-4(12)1-5-7(13)3-14-8(5)6/h1-3,9,12-13H. The molecular weight excluding hydrogens is 210 g/mol. The van der Waals surface area contributed by atoms with E-state index in [1.165, 1.54) is 11.4 Å². The second kappa shape index (κ2) is 3.09. The lowest BCUT2D eigenvalue weighted by Crippen LogP contribution is -1.83. The van der Waals surface area contributed by atoms with E-state index in [2.05, 4.69) is 0 Å². The zero-order valence-electron chi connectivity index (χ0n) is 6.87. The molecule has 0 saturated carbocycles. The van der Waals surface area contributed by atoms with E-state index in [-0.39, 0.29) is 22.4 Å². The average Bonchev–Trinajstić information content (AvgIpc) is 2.47. The molecule has 5 heteroatoms. The van der Waals surface area contributed by atoms with Crippen molar-refractivity contribution in [1.29, 1.82) is 0 Å². The maximum Gasteiger partial charge on any atom is 0.265 e. The molecule has 0 bridgehead atoms. The highest BCUT2D eigenvalue weighted by molar-refractivity contribution is 7.17. The van der Waals surface area contributed by atoms with Crippen LogP contribution in [0.5, 0.6) is 11.5 Å². The minimum absolute atomic E-state index is 0.0807. The number of halogens is 2. The van der Waals surface area contributed by atoms with Crippen molar-refractivity contribution in [3.8, 4) is 11.5 Å². The van der Waals surface area contributed by atoms with Crippen molar-refractivity contribution in [2.75, 3.05) is 0 Å². The second-order valence-electron chi connectivity index (χ2n) is 2.83. The summed E-state index contributed by atoms with van der Waals surface area (Å²) >= 11 is 1.04. The Hall–Kier alpha value is -1.36. The molecule has 2 N–H and O–H groups in total. The first-order valence-electron chi connectivity index (χ1n) is 3.81. The van der Waals surface area contributed by atoms with Gasteiger partial charge in [0.15, 0.2) is 0 Å². The quantitative estimate of drug-likeness (QED) is 0.768. The number of fused-ring (bicyclic) bond motifs is 1. The summed E-state index contributed by atoms with van der Waals surface area (Å²) in [4.78, 5) is 0. The zero-order chi connectivity index (χ0) is 10.3. The van der Waals surface area contributed by atoms with Crippen molar-refractivity contribution in [3.05, 3.63) is 23.1 Å². The van der Waals surface area contributed by atoms with Crippen LogP contribution in [0.3, 0.4) is 0 Å². The van der Waals surface area contributed by atoms with E-state index in [0.717, 1.165) is 17.4 Å². The Morgan fingerprint density at radius 3 is 2.57 bits per heavy atom. The Morgan fingerprint density at radius 2 is 1.93 bits per heavy atom. The Labute approximate surface area is 82.0 Å². The number of aromatic hydroxyl groups is 2. The van der Waals surface area contributed by atoms with E-state index in [4.69, 9.17) is 5.11 Å². The molecule has 0 fully saturated rings. The molecule has 2 aromatic rings. The number of alkyl halides is 2. The predicted molar refractivity (Wildman–Crippen MR) is 50.1 cm³/mol. The van der Waals surface area contributed by atoms with Crippen LogP contribution >= 0.6 is 11.3 Å². The van der Waals surface area contributed by atoms with Crippen LogP contribution in [0.4, 0.5) is 8.78 Å². The van der Waals surface area contributed by atoms with Crippen molar-refractivity contribution in [1.82, 2.24) is 0 Å². The Morgan fingerprint density at radius 1 is 1.21 bits per heavy atom. The SMILES string of the molecule is Oc1cc(C(F)F)c2scc(O)c2c1. The van der Waals surface area contributed by atoms with Gasteiger partial charge in [-0.3, -0.25) is 0 Å². The highest BCUT2D eigenvalue weighted by Gasteiger charge is 2.16. The fraction of sp³-hybridized carbons (Fsp3) is 0.111. The van der Waals surface area contributed by atoms with E-state index >= 15 is 0 Å². The van der Waals surface area contributed by atoms with Crippen LogP contribution in [-0.2, 0) is 0 Å². The molecule has 2 nitrogen and oxygen atoms in total. The fourth-order valence-electron chi connectivity index (χ4n) is 1.30. The topological polar surface area (TPSA) is 40.5 Å². The summed E-state index contributed by atoms with van der Waals surface area (Å²) in [7, 11) is 0. The molecule has 14 heavy (non-hydrogen) atoms. The fourth-order valence-corrected chi connectivity index (χ4v) is 2.23. The second-order valence-corrected chi connectivity index (χ2v) is 3.71. The highest BCUT2D eigenvalue weighted by atomic mass is 32.1. The largest absolute Gasteiger partial charge is 0.508 e. The maximum atomic E-state index is 12.5. The molecule has 0 atom stereocenters. The van der Waals surface area contributed by atoms with Crippen LogP contribution in [0, 0.1) is 0 Å². The first kappa shape index (κ1) is 9.21. The molecule has 0 amide bonds. The molecule has 0 aliphatic heterocycles. The summed E-state index contributed by atoms with van der Waals surface area (Å²) in [6, 6.07) is 2.29. The molecule has 2 rings (SSSR count). The number of phenols is 1. The van der Waals surface area contributed by atoms with Gasteiger partial charge in [-0.1, -0.05) is 0 Å². The van der Waals surface area contributed by atoms with Crippen molar-refractivity contribution in [2.45, 2.75) is 6.43 Å². The van der Waals surface area contributed by atoms with Crippen LogP contribution in [0.15, 0.2) is 17.5 Å². The summed E-state index contributed by atoms with van der Waals surface area (Å²) in [5, 5.41) is 20.1. The minimum Gasteiger partial charge on any atom is -0.508 e. The van der Waals surface area contributed by atoms with Crippen molar-refractivity contribution in [3.63, 3.8) is 0 Å². The first-order chi connectivity index (χ1) is 6.59. The van der Waals surface area contributed by atoms with Gasteiger partial charge in [-0.05, 0) is 12.1 Å². The highest BCUT2D eigenvalue weighted by Crippen LogP contribution is 2.39. The molecule has 0 radical (unpaired) electrons. The number of phenolic OH excluding ortho intramolecular Hbond substituents is 1. The van der Waals surface area contributed by atoms with Gasteiger partial charge >= 0.3 is 0 Å². The lowest BCUT2D eigenvalue weighted by Gasteiger charge is -2.02. The van der Waals surface area contributed by atoms with Gasteiger partial charge in [0.25, 0.3) is 6.43 Å². The predicted octanol–water partition coefficient (Wildman–Crippen LogP) is 3.25. The van der Waals surface area contributed by atoms with Crippen LogP contribution in [0.1, 0.15) is 12.0 Å². The molecule has 74 valence electrons. The molecule has 0 saturated heterocycles. The number of thiophene rings is 1. The van der Waals surface area contributed by atoms with E-state index < -0.39 is 6.43 Å². The van der Waals surface area contributed by atoms with Crippen LogP contribution < -0.4 is 0 Å². The van der Waals surface area contributed by atoms with E-state index in [1.54, 1.807) is 0 Å². The molecular formula is C9H6F2O2S. The Balaban J connectivity index is 2.82. The summed E-state index contributed by atoms with van der Waals surface area (Å²) in [6.45, 7) is 0. The monoisotopic (exact) mass is 216 g/mol. The van der Waals surface area contributed by atoms with E-state index in [1.807, 2.05) is 0 Å². The first-order valence-corrected chi connectivity index (χ1v) is 4.69. The van der Waals surface area contributed by atoms with Crippen LogP contribution in [0.2, 0.25) is 0 Å². The van der Waals surface area contributed by atoms with E-state index in [0.29, 0.717) is 4.70 Å². The molecule has 1 aromatic carbocycles. The zero-order valence-corrected chi connectivity index (χ0v) is 7.68. The maximum absolute atomic E-state index is 12.5. The summed E-state index contributed by atoms with van der Waals surface area (Å²) < 4.78 is 25.3. The average molecular weight is 216 g/mol. The molecule has 1 heterocycles. The molecule has 1 aromatic heterocycles. The van der Waals surface area contributed by atoms with Gasteiger partial charge in [0.05, 0.1) is 0 Å². The Kier molecular flexibility index (Phi) is 2.03. The van der Waals surface area contributed by atoms with Crippen molar-refractivity contribution < 1.29 is 19.0 Å². The van der Waals surface area contributed by atoms with Crippen LogP contribution in [-0.4, -0.2) is 10.2 Å². The van der Waals surface area contributed by atoms with Gasteiger partial charge in [-0.25, -0.2) is 8.78 Å². The van der Waals surface area contributed by atoms with Gasteiger partial charge < -0.3 is 10.2 Å². The van der Waals surface area contributed by atoms with Gasteiger partial charge in [0.2, 0.25) is 0 Å². The lowest BCUT2D eigenvalue weighted by molar-refractivity contribution is 0.153. The third-order valence-corrected chi connectivity index (χ3v) is 2.93. The number of hydrogen-bond acceptors (Lipinski definition) is 3. The number of rotatable bonds is 1. The minimum atomic E-state index is -2.65. The summed E-state index contributed by atoms with van der Waals surface area (Å²) in [5.41, 5.74) is -0.245. The van der Waals surface area contributed by atoms with Gasteiger partial charge in [0, 0.05) is 21.0 Å². The smallest absolute Gasteiger partial charge is 0.265 e. The Bertz CT molecular complexity index is 479. The molecule has 0 spiro atoms. The summed E-state index contributed by atoms with van der Waals surface area (Å²) in [5.74, 6) is -0.343. The van der Waals surface area contributed by atoms with Crippen molar-refractivity contribution >= 4 is 21.4 Å². The number of hydrogen-bond donors (Lipinski definition) is 2. The lowest BCUT2D eigenvalue weighted by atomic mass is 10.1. The van der Waals surface area contributed by atoms with Gasteiger partial charge in [-0.15, -0.1) is 11.3 Å². The molecule has 0 aliphatic rings. The van der Waals surface area contributed by atoms with E-state index in [9.17, 15) is 13.9 Å². The van der Waals surface area contributed by atoms with Crippen LogP contribution in [0.25, 0.3) is 10.1 Å². The van der Waals surface area contributed by atoms with Gasteiger partial charge in [0.1, 0.15) is 11.5 Å². The molecule has 0 unspecified atom stereocenters. The third kappa shape index (κ3) is 1.29. The normalized spacial score (nSPS) is 11.4. The summed E-state index contributed by atoms with van der Waals surface area (Å²) in [6.07, 6.45) is -2.65.